The first-order chi connectivity index (χ1) is 9.31. The van der Waals surface area contributed by atoms with Gasteiger partial charge < -0.3 is 10.6 Å². The fourth-order valence-electron chi connectivity index (χ4n) is 2.16. The molecule has 0 bridgehead atoms. The monoisotopic (exact) mass is 297 g/mol. The maximum absolute atomic E-state index is 13.1. The van der Waals surface area contributed by atoms with Crippen LogP contribution in [0, 0.1) is 5.82 Å². The van der Waals surface area contributed by atoms with Crippen molar-refractivity contribution in [2.75, 3.05) is 13.6 Å². The predicted octanol–water partition coefficient (Wildman–Crippen LogP) is 3.17. The second-order valence-corrected chi connectivity index (χ2v) is 6.43. The van der Waals surface area contributed by atoms with E-state index in [0.29, 0.717) is 23.6 Å². The highest BCUT2D eigenvalue weighted by atomic mass is 35.5. The van der Waals surface area contributed by atoms with Gasteiger partial charge >= 0.3 is 0 Å². The molecule has 3 nitrogen and oxygen atoms in total. The molecule has 0 aromatic heterocycles. The summed E-state index contributed by atoms with van der Waals surface area (Å²) in [7, 11) is 1.97. The molecule has 1 aromatic carbocycles. The van der Waals surface area contributed by atoms with Gasteiger partial charge in [-0.05, 0) is 30.5 Å². The fraction of sp³-hybridized carbons (Fsp3) is 0.533. The summed E-state index contributed by atoms with van der Waals surface area (Å²) in [6, 6.07) is 5.01. The van der Waals surface area contributed by atoms with Crippen molar-refractivity contribution < 1.29 is 4.39 Å². The quantitative estimate of drug-likeness (QED) is 0.685. The SMILES string of the molecule is CN(C(N)=NCC(C)(C)c1ccc(F)cc1Cl)C1CC1. The van der Waals surface area contributed by atoms with Gasteiger partial charge in [-0.15, -0.1) is 0 Å². The van der Waals surface area contributed by atoms with Crippen LogP contribution in [0.25, 0.3) is 0 Å². The fourth-order valence-corrected chi connectivity index (χ4v) is 2.59. The van der Waals surface area contributed by atoms with E-state index >= 15 is 0 Å². The Kier molecular flexibility index (Phi) is 4.23. The molecule has 0 saturated heterocycles. The lowest BCUT2D eigenvalue weighted by Gasteiger charge is -2.25. The largest absolute Gasteiger partial charge is 0.370 e. The zero-order valence-electron chi connectivity index (χ0n) is 12.2. The molecule has 2 rings (SSSR count). The van der Waals surface area contributed by atoms with Gasteiger partial charge in [0.2, 0.25) is 0 Å². The molecule has 0 aliphatic heterocycles. The lowest BCUT2D eigenvalue weighted by molar-refractivity contribution is 0.476. The molecule has 1 aromatic rings. The third kappa shape index (κ3) is 3.42. The van der Waals surface area contributed by atoms with Gasteiger partial charge in [-0.25, -0.2) is 4.39 Å². The first-order valence-corrected chi connectivity index (χ1v) is 7.17. The Morgan fingerprint density at radius 3 is 2.70 bits per heavy atom. The van der Waals surface area contributed by atoms with Gasteiger partial charge in [-0.2, -0.15) is 0 Å². The van der Waals surface area contributed by atoms with E-state index in [1.54, 1.807) is 6.07 Å². The van der Waals surface area contributed by atoms with E-state index in [-0.39, 0.29) is 11.2 Å². The number of guanidine groups is 1. The number of aliphatic imine (C=N–C) groups is 1. The van der Waals surface area contributed by atoms with Crippen LogP contribution in [-0.4, -0.2) is 30.5 Å². The van der Waals surface area contributed by atoms with E-state index in [9.17, 15) is 4.39 Å². The summed E-state index contributed by atoms with van der Waals surface area (Å²) in [4.78, 5) is 6.48. The van der Waals surface area contributed by atoms with Crippen LogP contribution >= 0.6 is 11.6 Å². The van der Waals surface area contributed by atoms with E-state index < -0.39 is 0 Å². The lowest BCUT2D eigenvalue weighted by atomic mass is 9.84. The number of nitrogens with two attached hydrogens (primary N) is 1. The summed E-state index contributed by atoms with van der Waals surface area (Å²) in [6.07, 6.45) is 2.36. The molecule has 5 heteroatoms. The zero-order chi connectivity index (χ0) is 14.9. The van der Waals surface area contributed by atoms with E-state index in [1.807, 2.05) is 25.8 Å². The van der Waals surface area contributed by atoms with Gasteiger partial charge in [0.1, 0.15) is 5.82 Å². The van der Waals surface area contributed by atoms with Crippen molar-refractivity contribution in [1.29, 1.82) is 0 Å². The molecule has 2 N–H and O–H groups in total. The summed E-state index contributed by atoms with van der Waals surface area (Å²) < 4.78 is 13.1. The van der Waals surface area contributed by atoms with Crippen molar-refractivity contribution in [2.24, 2.45) is 10.7 Å². The predicted molar refractivity (Wildman–Crippen MR) is 81.7 cm³/mol. The number of rotatable bonds is 4. The number of hydrogen-bond donors (Lipinski definition) is 1. The number of nitrogens with zero attached hydrogens (tertiary/aromatic N) is 2. The van der Waals surface area contributed by atoms with Crippen LogP contribution in [0.4, 0.5) is 4.39 Å². The molecule has 20 heavy (non-hydrogen) atoms. The van der Waals surface area contributed by atoms with E-state index in [0.717, 1.165) is 5.56 Å². The Balaban J connectivity index is 2.11. The van der Waals surface area contributed by atoms with Crippen LogP contribution in [-0.2, 0) is 5.41 Å². The highest BCUT2D eigenvalue weighted by Crippen LogP contribution is 2.31. The first kappa shape index (κ1) is 15.1. The molecular weight excluding hydrogens is 277 g/mol. The average molecular weight is 298 g/mol. The number of halogens is 2. The van der Waals surface area contributed by atoms with Gasteiger partial charge in [0.25, 0.3) is 0 Å². The lowest BCUT2D eigenvalue weighted by Crippen LogP contribution is -2.37. The maximum atomic E-state index is 13.1. The van der Waals surface area contributed by atoms with Crippen molar-refractivity contribution in [1.82, 2.24) is 4.90 Å². The Morgan fingerprint density at radius 1 is 1.50 bits per heavy atom. The van der Waals surface area contributed by atoms with E-state index in [1.165, 1.54) is 25.0 Å². The Morgan fingerprint density at radius 2 is 2.15 bits per heavy atom. The summed E-state index contributed by atoms with van der Waals surface area (Å²) in [5.41, 5.74) is 6.58. The molecule has 0 unspecified atom stereocenters. The van der Waals surface area contributed by atoms with Crippen LogP contribution in [0.3, 0.4) is 0 Å². The van der Waals surface area contributed by atoms with Crippen LogP contribution in [0.15, 0.2) is 23.2 Å². The minimum absolute atomic E-state index is 0.292. The molecule has 1 aliphatic rings. The molecular formula is C15H21ClFN3. The second kappa shape index (κ2) is 5.60. The molecule has 1 saturated carbocycles. The highest BCUT2D eigenvalue weighted by Gasteiger charge is 2.28. The van der Waals surface area contributed by atoms with Crippen molar-refractivity contribution in [3.63, 3.8) is 0 Å². The van der Waals surface area contributed by atoms with Gasteiger partial charge in [0.05, 0.1) is 6.54 Å². The van der Waals surface area contributed by atoms with Gasteiger partial charge in [0.15, 0.2) is 5.96 Å². The third-order valence-electron chi connectivity index (χ3n) is 3.75. The zero-order valence-corrected chi connectivity index (χ0v) is 12.9. The van der Waals surface area contributed by atoms with Gasteiger partial charge in [0, 0.05) is 23.5 Å². The minimum Gasteiger partial charge on any atom is -0.370 e. The standard InChI is InChI=1S/C15H21ClFN3/c1-15(2,12-7-4-10(17)8-13(12)16)9-19-14(18)20(3)11-5-6-11/h4,7-8,11H,5-6,9H2,1-3H3,(H2,18,19). The van der Waals surface area contributed by atoms with Crippen LogP contribution in [0.5, 0.6) is 0 Å². The molecule has 0 atom stereocenters. The van der Waals surface area contributed by atoms with Crippen molar-refractivity contribution in [3.05, 3.63) is 34.6 Å². The Labute approximate surface area is 124 Å². The van der Waals surface area contributed by atoms with Gasteiger partial charge in [-0.1, -0.05) is 31.5 Å². The summed E-state index contributed by atoms with van der Waals surface area (Å²) >= 11 is 6.12. The van der Waals surface area contributed by atoms with Crippen LogP contribution in [0.2, 0.25) is 5.02 Å². The number of hydrogen-bond acceptors (Lipinski definition) is 1. The topological polar surface area (TPSA) is 41.6 Å². The Hall–Kier alpha value is -1.29. The molecule has 1 aliphatic carbocycles. The molecule has 1 fully saturated rings. The third-order valence-corrected chi connectivity index (χ3v) is 4.07. The normalized spacial score (nSPS) is 16.4. The summed E-state index contributed by atoms with van der Waals surface area (Å²) in [6.45, 7) is 4.57. The highest BCUT2D eigenvalue weighted by molar-refractivity contribution is 6.31. The van der Waals surface area contributed by atoms with Crippen LogP contribution < -0.4 is 5.73 Å². The first-order valence-electron chi connectivity index (χ1n) is 6.79. The molecule has 0 spiro atoms. The van der Waals surface area contributed by atoms with Crippen LogP contribution in [0.1, 0.15) is 32.3 Å². The van der Waals surface area contributed by atoms with E-state index in [4.69, 9.17) is 17.3 Å². The molecule has 0 amide bonds. The van der Waals surface area contributed by atoms with E-state index in [2.05, 4.69) is 4.99 Å². The van der Waals surface area contributed by atoms with Crippen molar-refractivity contribution in [2.45, 2.75) is 38.1 Å². The van der Waals surface area contributed by atoms with Crippen molar-refractivity contribution >= 4 is 17.6 Å². The molecule has 0 radical (unpaired) electrons. The average Bonchev–Trinajstić information content (AvgIpc) is 3.18. The summed E-state index contributed by atoms with van der Waals surface area (Å²) in [5.74, 6) is 0.227. The molecule has 0 heterocycles. The van der Waals surface area contributed by atoms with Gasteiger partial charge in [-0.3, -0.25) is 4.99 Å². The van der Waals surface area contributed by atoms with Crippen molar-refractivity contribution in [3.8, 4) is 0 Å². The maximum Gasteiger partial charge on any atom is 0.191 e. The Bertz CT molecular complexity index is 524. The smallest absolute Gasteiger partial charge is 0.191 e. The molecule has 110 valence electrons. The number of benzene rings is 1. The minimum atomic E-state index is -0.328. The summed E-state index contributed by atoms with van der Waals surface area (Å²) in [5, 5.41) is 0.430. The second-order valence-electron chi connectivity index (χ2n) is 6.02.